The van der Waals surface area contributed by atoms with Crippen LogP contribution in [0.5, 0.6) is 5.75 Å². The van der Waals surface area contributed by atoms with E-state index in [2.05, 4.69) is 15.5 Å². The van der Waals surface area contributed by atoms with Gasteiger partial charge >= 0.3 is 0 Å². The Hall–Kier alpha value is -2.48. The first kappa shape index (κ1) is 16.4. The first-order valence-electron chi connectivity index (χ1n) is 7.82. The number of rotatable bonds is 4. The van der Waals surface area contributed by atoms with Crippen LogP contribution in [0.2, 0.25) is 0 Å². The maximum absolute atomic E-state index is 12.6. The van der Waals surface area contributed by atoms with Crippen molar-refractivity contribution in [2.75, 3.05) is 11.9 Å². The van der Waals surface area contributed by atoms with E-state index >= 15 is 0 Å². The van der Waals surface area contributed by atoms with Crippen LogP contribution in [0.15, 0.2) is 24.3 Å². The number of aromatic hydroxyl groups is 1. The number of phenolic OH excluding ortho intramolecular Hbond substituents is 1. The monoisotopic (exact) mass is 346 g/mol. The molecule has 0 saturated carbocycles. The van der Waals surface area contributed by atoms with Crippen molar-refractivity contribution in [3.8, 4) is 5.75 Å². The molecule has 0 bridgehead atoms. The van der Waals surface area contributed by atoms with Gasteiger partial charge < -0.3 is 10.0 Å². The zero-order chi connectivity index (χ0) is 17.1. The largest absolute Gasteiger partial charge is 0.507 e. The van der Waals surface area contributed by atoms with Crippen molar-refractivity contribution in [3.63, 3.8) is 0 Å². The molecule has 1 aliphatic rings. The molecular formula is C16H18N4O3S. The standard InChI is InChI=1S/C16H18N4O3S/c1-2-13-18-19-16(24-13)17-14(22)11-7-5-9-20(11)15(23)10-6-3-4-8-12(10)21/h3-4,6,8,11,21H,2,5,7,9H2,1H3,(H,17,19,22)/t11-/m0/s1. The molecule has 24 heavy (non-hydrogen) atoms. The number of nitrogens with one attached hydrogen (secondary N) is 1. The minimum Gasteiger partial charge on any atom is -0.507 e. The number of anilines is 1. The number of aromatic nitrogens is 2. The average molecular weight is 346 g/mol. The smallest absolute Gasteiger partial charge is 0.258 e. The number of hydrogen-bond acceptors (Lipinski definition) is 6. The molecule has 2 aromatic rings. The maximum Gasteiger partial charge on any atom is 0.258 e. The topological polar surface area (TPSA) is 95.4 Å². The summed E-state index contributed by atoms with van der Waals surface area (Å²) in [5.41, 5.74) is 0.210. The van der Waals surface area contributed by atoms with Gasteiger partial charge in [-0.25, -0.2) is 0 Å². The van der Waals surface area contributed by atoms with E-state index in [-0.39, 0.29) is 23.1 Å². The third kappa shape index (κ3) is 3.23. The number of benzene rings is 1. The van der Waals surface area contributed by atoms with Gasteiger partial charge in [0, 0.05) is 6.54 Å². The van der Waals surface area contributed by atoms with Crippen molar-refractivity contribution >= 4 is 28.3 Å². The van der Waals surface area contributed by atoms with Crippen molar-refractivity contribution < 1.29 is 14.7 Å². The minimum absolute atomic E-state index is 0.0785. The lowest BCUT2D eigenvalue weighted by Crippen LogP contribution is -2.43. The lowest BCUT2D eigenvalue weighted by Gasteiger charge is -2.23. The molecule has 0 spiro atoms. The fourth-order valence-electron chi connectivity index (χ4n) is 2.73. The van der Waals surface area contributed by atoms with Gasteiger partial charge in [-0.2, -0.15) is 0 Å². The lowest BCUT2D eigenvalue weighted by atomic mass is 10.1. The molecule has 2 heterocycles. The predicted molar refractivity (Wildman–Crippen MR) is 90.1 cm³/mol. The summed E-state index contributed by atoms with van der Waals surface area (Å²) in [5.74, 6) is -0.683. The maximum atomic E-state index is 12.6. The molecule has 1 aliphatic heterocycles. The Labute approximate surface area is 143 Å². The van der Waals surface area contributed by atoms with Gasteiger partial charge in [0.1, 0.15) is 16.8 Å². The van der Waals surface area contributed by atoms with E-state index in [1.165, 1.54) is 22.3 Å². The van der Waals surface area contributed by atoms with E-state index in [4.69, 9.17) is 0 Å². The van der Waals surface area contributed by atoms with Crippen molar-refractivity contribution in [2.24, 2.45) is 0 Å². The minimum atomic E-state index is -0.564. The SMILES string of the molecule is CCc1nnc(NC(=O)[C@@H]2CCCN2C(=O)c2ccccc2O)s1. The van der Waals surface area contributed by atoms with Gasteiger partial charge in [0.05, 0.1) is 5.56 Å². The van der Waals surface area contributed by atoms with Crippen LogP contribution in [-0.2, 0) is 11.2 Å². The number of carbonyl (C=O) groups is 2. The average Bonchev–Trinajstić information content (AvgIpc) is 3.23. The summed E-state index contributed by atoms with van der Waals surface area (Å²) in [7, 11) is 0. The molecule has 1 aromatic heterocycles. The normalized spacial score (nSPS) is 17.0. The highest BCUT2D eigenvalue weighted by Gasteiger charge is 2.35. The molecule has 1 aromatic carbocycles. The zero-order valence-electron chi connectivity index (χ0n) is 13.2. The third-order valence-electron chi connectivity index (χ3n) is 3.95. The van der Waals surface area contributed by atoms with Gasteiger partial charge in [-0.15, -0.1) is 10.2 Å². The van der Waals surface area contributed by atoms with Crippen LogP contribution in [0.1, 0.15) is 35.1 Å². The molecule has 0 radical (unpaired) electrons. The molecule has 2 N–H and O–H groups in total. The third-order valence-corrected chi connectivity index (χ3v) is 4.93. The van der Waals surface area contributed by atoms with E-state index in [0.717, 1.165) is 17.8 Å². The summed E-state index contributed by atoms with van der Waals surface area (Å²) in [5, 5.41) is 21.8. The number of likely N-dealkylation sites (tertiary alicyclic amines) is 1. The Morgan fingerprint density at radius 2 is 2.17 bits per heavy atom. The summed E-state index contributed by atoms with van der Waals surface area (Å²) in [6.07, 6.45) is 2.09. The summed E-state index contributed by atoms with van der Waals surface area (Å²) in [4.78, 5) is 26.7. The Morgan fingerprint density at radius 3 is 2.88 bits per heavy atom. The fraction of sp³-hybridized carbons (Fsp3) is 0.375. The van der Waals surface area contributed by atoms with Crippen LogP contribution in [0, 0.1) is 0 Å². The molecule has 8 heteroatoms. The number of para-hydroxylation sites is 1. The molecule has 2 amide bonds. The van der Waals surface area contributed by atoms with E-state index in [0.29, 0.717) is 18.1 Å². The number of amides is 2. The quantitative estimate of drug-likeness (QED) is 0.883. The molecular weight excluding hydrogens is 328 g/mol. The van der Waals surface area contributed by atoms with Crippen LogP contribution in [0.4, 0.5) is 5.13 Å². The highest BCUT2D eigenvalue weighted by Crippen LogP contribution is 2.25. The van der Waals surface area contributed by atoms with E-state index in [9.17, 15) is 14.7 Å². The number of phenols is 1. The first-order chi connectivity index (χ1) is 11.6. The fourth-order valence-corrected chi connectivity index (χ4v) is 3.41. The van der Waals surface area contributed by atoms with Crippen LogP contribution >= 0.6 is 11.3 Å². The van der Waals surface area contributed by atoms with Crippen molar-refractivity contribution in [1.82, 2.24) is 15.1 Å². The van der Waals surface area contributed by atoms with Gasteiger partial charge in [0.2, 0.25) is 11.0 Å². The molecule has 1 fully saturated rings. The van der Waals surface area contributed by atoms with Crippen LogP contribution in [0.25, 0.3) is 0 Å². The molecule has 1 saturated heterocycles. The number of hydrogen-bond donors (Lipinski definition) is 2. The highest BCUT2D eigenvalue weighted by molar-refractivity contribution is 7.15. The highest BCUT2D eigenvalue weighted by atomic mass is 32.1. The Bertz CT molecular complexity index is 761. The zero-order valence-corrected chi connectivity index (χ0v) is 14.0. The summed E-state index contributed by atoms with van der Waals surface area (Å²) < 4.78 is 0. The number of carbonyl (C=O) groups excluding carboxylic acids is 2. The Kier molecular flexibility index (Phi) is 4.75. The van der Waals surface area contributed by atoms with Crippen molar-refractivity contribution in [3.05, 3.63) is 34.8 Å². The molecule has 0 aliphatic carbocycles. The molecule has 7 nitrogen and oxygen atoms in total. The van der Waals surface area contributed by atoms with E-state index < -0.39 is 6.04 Å². The van der Waals surface area contributed by atoms with Crippen LogP contribution in [-0.4, -0.2) is 44.6 Å². The van der Waals surface area contributed by atoms with Gasteiger partial charge in [-0.3, -0.25) is 14.9 Å². The van der Waals surface area contributed by atoms with Gasteiger partial charge in [-0.05, 0) is 31.4 Å². The van der Waals surface area contributed by atoms with Crippen LogP contribution in [0.3, 0.4) is 0 Å². The molecule has 1 atom stereocenters. The second-order valence-corrected chi connectivity index (χ2v) is 6.58. The number of aryl methyl sites for hydroxylation is 1. The summed E-state index contributed by atoms with van der Waals surface area (Å²) in [6, 6.07) is 5.80. The lowest BCUT2D eigenvalue weighted by molar-refractivity contribution is -0.119. The second kappa shape index (κ2) is 6.96. The molecule has 126 valence electrons. The van der Waals surface area contributed by atoms with Gasteiger partial charge in [0.25, 0.3) is 5.91 Å². The summed E-state index contributed by atoms with van der Waals surface area (Å²) in [6.45, 7) is 2.46. The van der Waals surface area contributed by atoms with E-state index in [1.54, 1.807) is 18.2 Å². The second-order valence-electron chi connectivity index (χ2n) is 5.52. The predicted octanol–water partition coefficient (Wildman–Crippen LogP) is 2.05. The van der Waals surface area contributed by atoms with Crippen molar-refractivity contribution in [1.29, 1.82) is 0 Å². The first-order valence-corrected chi connectivity index (χ1v) is 8.64. The number of nitrogens with zero attached hydrogens (tertiary/aromatic N) is 3. The molecule has 0 unspecified atom stereocenters. The van der Waals surface area contributed by atoms with Crippen molar-refractivity contribution in [2.45, 2.75) is 32.2 Å². The van der Waals surface area contributed by atoms with E-state index in [1.807, 2.05) is 6.92 Å². The Morgan fingerprint density at radius 1 is 1.38 bits per heavy atom. The summed E-state index contributed by atoms with van der Waals surface area (Å²) >= 11 is 1.33. The molecule has 3 rings (SSSR count). The Balaban J connectivity index is 1.74. The van der Waals surface area contributed by atoms with Crippen LogP contribution < -0.4 is 5.32 Å². The van der Waals surface area contributed by atoms with Gasteiger partial charge in [-0.1, -0.05) is 30.4 Å². The van der Waals surface area contributed by atoms with Gasteiger partial charge in [0.15, 0.2) is 0 Å².